The Hall–Kier alpha value is -2.47. The van der Waals surface area contributed by atoms with Crippen LogP contribution in [0.5, 0.6) is 0 Å². The molecule has 0 atom stereocenters. The number of aryl methyl sites for hydroxylation is 2. The van der Waals surface area contributed by atoms with E-state index in [4.69, 9.17) is 0 Å². The third-order valence-corrected chi connectivity index (χ3v) is 9.03. The first-order valence-corrected chi connectivity index (χ1v) is 16.2. The fourth-order valence-corrected chi connectivity index (χ4v) is 6.40. The third kappa shape index (κ3) is 11.3. The normalized spacial score (nSPS) is 11.8. The zero-order valence-corrected chi connectivity index (χ0v) is 32.2. The predicted octanol–water partition coefficient (Wildman–Crippen LogP) is 6.02. The van der Waals surface area contributed by atoms with Crippen molar-refractivity contribution in [2.45, 2.75) is 78.6 Å². The number of benzene rings is 3. The summed E-state index contributed by atoms with van der Waals surface area (Å²) in [6.45, 7) is 18.3. The quantitative estimate of drug-likeness (QED) is 0.152. The summed E-state index contributed by atoms with van der Waals surface area (Å²) in [5.41, 5.74) is 5.16. The van der Waals surface area contributed by atoms with Gasteiger partial charge in [-0.1, -0.05) is 72.4 Å². The first-order valence-electron chi connectivity index (χ1n) is 14.9. The monoisotopic (exact) mass is 782 g/mol. The van der Waals surface area contributed by atoms with Gasteiger partial charge >= 0.3 is 137 Å². The van der Waals surface area contributed by atoms with E-state index < -0.39 is 23.5 Å². The zero-order chi connectivity index (χ0) is 34.7. The van der Waals surface area contributed by atoms with Gasteiger partial charge in [-0.15, -0.1) is 39.6 Å². The minimum atomic E-state index is -4.49. The fraction of sp³-hybridized carbons (Fsp3) is 0.308. The summed E-state index contributed by atoms with van der Waals surface area (Å²) < 4.78 is 76.7. The molecule has 0 unspecified atom stereocenters. The Labute approximate surface area is 307 Å². The molecule has 5 aromatic rings. The van der Waals surface area contributed by atoms with Crippen LogP contribution in [0.4, 0.5) is 26.3 Å². The molecule has 0 saturated carbocycles. The van der Waals surface area contributed by atoms with Crippen LogP contribution >= 0.6 is 0 Å². The van der Waals surface area contributed by atoms with Gasteiger partial charge in [-0.25, -0.2) is 12.1 Å². The Morgan fingerprint density at radius 1 is 0.625 bits per heavy atom. The molecule has 5 aromatic carbocycles. The van der Waals surface area contributed by atoms with Gasteiger partial charge in [0.2, 0.25) is 0 Å². The second kappa shape index (κ2) is 17.0. The van der Waals surface area contributed by atoms with E-state index in [1.54, 1.807) is 0 Å². The maximum absolute atomic E-state index is 12.7. The van der Waals surface area contributed by atoms with Crippen LogP contribution in [0.3, 0.4) is 0 Å². The van der Waals surface area contributed by atoms with E-state index in [1.807, 2.05) is 30.3 Å². The van der Waals surface area contributed by atoms with Crippen molar-refractivity contribution in [1.82, 2.24) is 0 Å². The molecule has 0 spiro atoms. The number of alkyl halides is 6. The summed E-state index contributed by atoms with van der Waals surface area (Å²) in [6.07, 6.45) is -8.97. The van der Waals surface area contributed by atoms with Gasteiger partial charge in [0.1, 0.15) is 0 Å². The van der Waals surface area contributed by atoms with Crippen molar-refractivity contribution < 1.29 is 75.4 Å². The third-order valence-electron chi connectivity index (χ3n) is 7.61. The van der Waals surface area contributed by atoms with E-state index >= 15 is 0 Å². The molecule has 0 N–H and O–H groups in total. The van der Waals surface area contributed by atoms with Crippen molar-refractivity contribution in [3.63, 3.8) is 0 Å². The van der Waals surface area contributed by atoms with Gasteiger partial charge in [0.25, 0.3) is 0 Å². The van der Waals surface area contributed by atoms with Gasteiger partial charge in [-0.3, -0.25) is 0 Å². The van der Waals surface area contributed by atoms with Gasteiger partial charge in [0, 0.05) is 0 Å². The number of halogens is 8. The molecule has 5 rings (SSSR count). The maximum atomic E-state index is 12.7. The molecule has 0 aliphatic rings. The second-order valence-electron chi connectivity index (χ2n) is 13.4. The topological polar surface area (TPSA) is 0 Å². The Balaban J connectivity index is 0.000000406. The molecule has 0 aromatic heterocycles. The molecule has 0 aliphatic carbocycles. The van der Waals surface area contributed by atoms with Crippen LogP contribution in [0.2, 0.25) is 0 Å². The van der Waals surface area contributed by atoms with Gasteiger partial charge in [0.15, 0.2) is 0 Å². The summed E-state index contributed by atoms with van der Waals surface area (Å²) in [7, 11) is 0. The van der Waals surface area contributed by atoms with Crippen LogP contribution in [-0.4, -0.2) is 3.21 Å². The van der Waals surface area contributed by atoms with Gasteiger partial charge < -0.3 is 24.8 Å². The molecule has 48 heavy (non-hydrogen) atoms. The number of hydrogen-bond donors (Lipinski definition) is 0. The minimum absolute atomic E-state index is 0. The molecule has 9 heteroatoms. The zero-order valence-electron chi connectivity index (χ0n) is 28.3. The number of fused-ring (bicyclic) bond motifs is 1. The van der Waals surface area contributed by atoms with Crippen molar-refractivity contribution >= 4 is 14.0 Å². The van der Waals surface area contributed by atoms with Crippen LogP contribution in [0, 0.1) is 13.8 Å². The molecular weight excluding hydrogens is 745 g/mol. The van der Waals surface area contributed by atoms with Crippen LogP contribution in [0.1, 0.15) is 86.1 Å². The van der Waals surface area contributed by atoms with Gasteiger partial charge in [0.05, 0.1) is 0 Å². The summed E-state index contributed by atoms with van der Waals surface area (Å²) in [6, 6.07) is 26.2. The molecule has 258 valence electrons. The first kappa shape index (κ1) is 43.6. The van der Waals surface area contributed by atoms with E-state index in [1.165, 1.54) is 57.3 Å². The largest absolute Gasteiger partial charge is 1.00 e. The summed E-state index contributed by atoms with van der Waals surface area (Å²) in [4.78, 5) is 0. The summed E-state index contributed by atoms with van der Waals surface area (Å²) >= 11 is 0.729. The van der Waals surface area contributed by atoms with Crippen LogP contribution in [0.15, 0.2) is 97.1 Å². The van der Waals surface area contributed by atoms with Crippen LogP contribution < -0.4 is 24.8 Å². The molecule has 0 radical (unpaired) electrons. The molecule has 0 aliphatic heterocycles. The average Bonchev–Trinajstić information content (AvgIpc) is 3.63. The molecule has 0 bridgehead atoms. The molecular formula is C39H40Cl2F6Zr-2. The van der Waals surface area contributed by atoms with Crippen molar-refractivity contribution in [3.05, 3.63) is 142 Å². The average molecular weight is 785 g/mol. The fourth-order valence-electron chi connectivity index (χ4n) is 5.63. The Bertz CT molecular complexity index is 1690. The van der Waals surface area contributed by atoms with E-state index in [0.717, 1.165) is 48.5 Å². The van der Waals surface area contributed by atoms with Gasteiger partial charge in [-0.05, 0) is 5.41 Å². The predicted molar refractivity (Wildman–Crippen MR) is 175 cm³/mol. The molecule has 0 heterocycles. The maximum Gasteiger partial charge on any atom is -0.172 e. The number of rotatable bonds is 2. The Kier molecular flexibility index (Phi) is 15.4. The molecule has 0 fully saturated rings. The number of hydrogen-bond acceptors (Lipinski definition) is 0. The standard InChI is InChI=1S/C19H27.C15H8F6.C5H5.2ClH.Zr/c1-12-11-15-13(2)16(18(3,4)5)10-9-14(15)17(12)19(6,7)8;16-14(17,18)12-5-1-3-10(8-12)7-11-4-2-6-13(9-11)15(19,20)21;1-2-4-5-3-1;;;/h9-11H,1-8H3;1-6,8-9H;1-5H;2*1H;/q-1;;-1;;;+2/p-2. The van der Waals surface area contributed by atoms with E-state index in [2.05, 4.69) is 73.6 Å². The Morgan fingerprint density at radius 2 is 1.08 bits per heavy atom. The van der Waals surface area contributed by atoms with Crippen molar-refractivity contribution in [3.8, 4) is 0 Å². The van der Waals surface area contributed by atoms with Crippen molar-refractivity contribution in [2.75, 3.05) is 0 Å². The Morgan fingerprint density at radius 3 is 1.44 bits per heavy atom. The van der Waals surface area contributed by atoms with E-state index in [-0.39, 0.29) is 46.8 Å². The van der Waals surface area contributed by atoms with Gasteiger partial charge in [-0.2, -0.15) is 18.2 Å². The SMILES string of the molecule is Cc1[cH-]c2c(C)c(C(C)(C)C)ccc2c1C(C)(C)C.FC(F)(F)c1cccc([C](=[Zr+2])c2cccc(C(F)(F)F)c2)c1.[Cl-].[Cl-].c1cc[cH-]c1. The summed E-state index contributed by atoms with van der Waals surface area (Å²) in [5.74, 6) is 0. The minimum Gasteiger partial charge on any atom is -1.00 e. The smallest absolute Gasteiger partial charge is 0.172 e. The summed E-state index contributed by atoms with van der Waals surface area (Å²) in [5, 5.41) is 2.88. The van der Waals surface area contributed by atoms with Crippen molar-refractivity contribution in [1.29, 1.82) is 0 Å². The van der Waals surface area contributed by atoms with Crippen LogP contribution in [0.25, 0.3) is 10.8 Å². The van der Waals surface area contributed by atoms with E-state index in [9.17, 15) is 26.3 Å². The van der Waals surface area contributed by atoms with E-state index in [0.29, 0.717) is 3.21 Å². The molecule has 0 saturated heterocycles. The van der Waals surface area contributed by atoms with Crippen LogP contribution in [-0.2, 0) is 47.4 Å². The molecule has 0 amide bonds. The molecule has 0 nitrogen and oxygen atoms in total. The second-order valence-corrected chi connectivity index (χ2v) is 14.6. The first-order chi connectivity index (χ1) is 21.1. The van der Waals surface area contributed by atoms with Crippen molar-refractivity contribution in [2.24, 2.45) is 0 Å².